The first-order valence-corrected chi connectivity index (χ1v) is 9.41. The molecule has 1 aliphatic heterocycles. The van der Waals surface area contributed by atoms with Crippen LogP contribution in [0.2, 0.25) is 0 Å². The van der Waals surface area contributed by atoms with Gasteiger partial charge < -0.3 is 10.2 Å². The number of nitro groups is 1. The molecule has 25 heavy (non-hydrogen) atoms. The molecule has 4 rings (SSSR count). The van der Waals surface area contributed by atoms with Gasteiger partial charge in [0.15, 0.2) is 0 Å². The number of hydrogen-bond acceptors (Lipinski definition) is 4. The maximum absolute atomic E-state index is 12.2. The van der Waals surface area contributed by atoms with Crippen LogP contribution in [0, 0.1) is 15.5 Å². The lowest BCUT2D eigenvalue weighted by atomic mass is 9.77. The molecule has 6 heteroatoms. The number of carbonyl (C=O) groups is 1. The number of benzene rings is 1. The Labute approximate surface area is 147 Å². The quantitative estimate of drug-likeness (QED) is 0.669. The molecule has 1 heterocycles. The molecule has 1 saturated heterocycles. The van der Waals surface area contributed by atoms with Crippen LogP contribution in [-0.2, 0) is 0 Å². The highest BCUT2D eigenvalue weighted by Gasteiger charge is 2.38. The Balaban J connectivity index is 1.52. The standard InChI is InChI=1S/C19H25N3O3/c23-18(20-15-4-5-15)14-3-6-16(17(13-14)22(24)25)21-11-9-19(10-12-21)7-1-2-8-19/h3,6,13,15H,1-2,4-5,7-12H2,(H,20,23). The number of piperidine rings is 1. The fraction of sp³-hybridized carbons (Fsp3) is 0.632. The summed E-state index contributed by atoms with van der Waals surface area (Å²) in [5, 5.41) is 14.5. The van der Waals surface area contributed by atoms with Crippen molar-refractivity contribution in [2.75, 3.05) is 18.0 Å². The second kappa shape index (κ2) is 6.32. The van der Waals surface area contributed by atoms with Crippen LogP contribution in [0.3, 0.4) is 0 Å². The molecule has 0 bridgehead atoms. The van der Waals surface area contributed by atoms with Crippen molar-refractivity contribution >= 4 is 17.3 Å². The van der Waals surface area contributed by atoms with Crippen molar-refractivity contribution in [2.45, 2.75) is 57.4 Å². The highest BCUT2D eigenvalue weighted by atomic mass is 16.6. The second-order valence-corrected chi connectivity index (χ2v) is 7.90. The van der Waals surface area contributed by atoms with Gasteiger partial charge in [0.1, 0.15) is 5.69 Å². The topological polar surface area (TPSA) is 75.5 Å². The van der Waals surface area contributed by atoms with E-state index in [1.54, 1.807) is 12.1 Å². The third kappa shape index (κ3) is 3.34. The maximum Gasteiger partial charge on any atom is 0.293 e. The molecule has 0 unspecified atom stereocenters. The van der Waals surface area contributed by atoms with Crippen molar-refractivity contribution in [1.82, 2.24) is 5.32 Å². The number of nitrogens with zero attached hydrogens (tertiary/aromatic N) is 2. The van der Waals surface area contributed by atoms with E-state index in [2.05, 4.69) is 10.2 Å². The van der Waals surface area contributed by atoms with Gasteiger partial charge in [0.05, 0.1) is 4.92 Å². The first-order chi connectivity index (χ1) is 12.1. The number of rotatable bonds is 4. The van der Waals surface area contributed by atoms with E-state index < -0.39 is 0 Å². The molecule has 1 aromatic carbocycles. The fourth-order valence-electron chi connectivity index (χ4n) is 4.42. The Morgan fingerprint density at radius 3 is 2.44 bits per heavy atom. The summed E-state index contributed by atoms with van der Waals surface area (Å²) in [4.78, 5) is 25.5. The minimum atomic E-state index is -0.358. The van der Waals surface area contributed by atoms with E-state index in [-0.39, 0.29) is 22.6 Å². The average molecular weight is 343 g/mol. The number of anilines is 1. The Hall–Kier alpha value is -2.11. The molecule has 0 atom stereocenters. The number of hydrogen-bond donors (Lipinski definition) is 1. The van der Waals surface area contributed by atoms with Gasteiger partial charge in [0.25, 0.3) is 11.6 Å². The lowest BCUT2D eigenvalue weighted by molar-refractivity contribution is -0.384. The zero-order valence-electron chi connectivity index (χ0n) is 14.5. The molecule has 6 nitrogen and oxygen atoms in total. The van der Waals surface area contributed by atoms with E-state index >= 15 is 0 Å². The number of amides is 1. The molecule has 0 aromatic heterocycles. The number of nitrogens with one attached hydrogen (secondary N) is 1. The van der Waals surface area contributed by atoms with Crippen molar-refractivity contribution in [3.8, 4) is 0 Å². The van der Waals surface area contributed by atoms with Gasteiger partial charge in [0, 0.05) is 30.8 Å². The average Bonchev–Trinajstić information content (AvgIpc) is 3.32. The van der Waals surface area contributed by atoms with E-state index in [1.165, 1.54) is 31.7 Å². The zero-order chi connectivity index (χ0) is 17.4. The maximum atomic E-state index is 12.2. The molecule has 134 valence electrons. The molecule has 1 N–H and O–H groups in total. The van der Waals surface area contributed by atoms with Crippen LogP contribution in [0.1, 0.15) is 61.7 Å². The van der Waals surface area contributed by atoms with Crippen molar-refractivity contribution in [1.29, 1.82) is 0 Å². The number of carbonyl (C=O) groups excluding carboxylic acids is 1. The Morgan fingerprint density at radius 1 is 1.16 bits per heavy atom. The normalized spacial score (nSPS) is 22.2. The summed E-state index contributed by atoms with van der Waals surface area (Å²) < 4.78 is 0. The predicted octanol–water partition coefficient (Wildman–Crippen LogP) is 3.65. The summed E-state index contributed by atoms with van der Waals surface area (Å²) in [6, 6.07) is 5.16. The monoisotopic (exact) mass is 343 g/mol. The SMILES string of the molecule is O=C(NC1CC1)c1ccc(N2CCC3(CCCC3)CC2)c([N+](=O)[O-])c1. The molecule has 1 aromatic rings. The molecular weight excluding hydrogens is 318 g/mol. The first-order valence-electron chi connectivity index (χ1n) is 9.41. The van der Waals surface area contributed by atoms with Gasteiger partial charge >= 0.3 is 0 Å². The molecule has 2 aliphatic carbocycles. The van der Waals surface area contributed by atoms with Gasteiger partial charge in [-0.1, -0.05) is 12.8 Å². The summed E-state index contributed by atoms with van der Waals surface area (Å²) in [5.74, 6) is -0.208. The van der Waals surface area contributed by atoms with Gasteiger partial charge in [-0.2, -0.15) is 0 Å². The van der Waals surface area contributed by atoms with Crippen LogP contribution in [0.5, 0.6) is 0 Å². The molecule has 2 saturated carbocycles. The molecule has 3 fully saturated rings. The lowest BCUT2D eigenvalue weighted by Crippen LogP contribution is -2.39. The number of nitro benzene ring substituents is 1. The molecular formula is C19H25N3O3. The Kier molecular flexibility index (Phi) is 4.13. The van der Waals surface area contributed by atoms with Gasteiger partial charge in [-0.3, -0.25) is 14.9 Å². The zero-order valence-corrected chi connectivity index (χ0v) is 14.5. The Bertz CT molecular complexity index is 683. The van der Waals surface area contributed by atoms with Crippen LogP contribution in [0.25, 0.3) is 0 Å². The van der Waals surface area contributed by atoms with Crippen molar-refractivity contribution in [2.24, 2.45) is 5.41 Å². The fourth-order valence-corrected chi connectivity index (χ4v) is 4.42. The van der Waals surface area contributed by atoms with Crippen molar-refractivity contribution < 1.29 is 9.72 Å². The van der Waals surface area contributed by atoms with Crippen LogP contribution in [0.4, 0.5) is 11.4 Å². The molecule has 1 amide bonds. The summed E-state index contributed by atoms with van der Waals surface area (Å²) >= 11 is 0. The predicted molar refractivity (Wildman–Crippen MR) is 95.9 cm³/mol. The summed E-state index contributed by atoms with van der Waals surface area (Å²) in [7, 11) is 0. The van der Waals surface area contributed by atoms with E-state index in [9.17, 15) is 14.9 Å². The molecule has 3 aliphatic rings. The van der Waals surface area contributed by atoms with Crippen LogP contribution >= 0.6 is 0 Å². The third-order valence-electron chi connectivity index (χ3n) is 6.18. The smallest absolute Gasteiger partial charge is 0.293 e. The molecule has 0 radical (unpaired) electrons. The van der Waals surface area contributed by atoms with E-state index in [4.69, 9.17) is 0 Å². The van der Waals surface area contributed by atoms with Crippen LogP contribution < -0.4 is 10.2 Å². The minimum Gasteiger partial charge on any atom is -0.366 e. The van der Waals surface area contributed by atoms with Gasteiger partial charge in [-0.15, -0.1) is 0 Å². The second-order valence-electron chi connectivity index (χ2n) is 7.90. The van der Waals surface area contributed by atoms with Crippen molar-refractivity contribution in [3.63, 3.8) is 0 Å². The largest absolute Gasteiger partial charge is 0.366 e. The minimum absolute atomic E-state index is 0.0471. The molecule has 1 spiro atoms. The van der Waals surface area contributed by atoms with Gasteiger partial charge in [-0.05, 0) is 56.1 Å². The van der Waals surface area contributed by atoms with E-state index in [0.717, 1.165) is 38.8 Å². The summed E-state index contributed by atoms with van der Waals surface area (Å²) in [5.41, 5.74) is 1.56. The lowest BCUT2D eigenvalue weighted by Gasteiger charge is -2.40. The van der Waals surface area contributed by atoms with Gasteiger partial charge in [-0.25, -0.2) is 0 Å². The summed E-state index contributed by atoms with van der Waals surface area (Å²) in [6.45, 7) is 1.74. The summed E-state index contributed by atoms with van der Waals surface area (Å²) in [6.07, 6.45) is 9.51. The Morgan fingerprint density at radius 2 is 1.84 bits per heavy atom. The van der Waals surface area contributed by atoms with E-state index in [1.807, 2.05) is 0 Å². The van der Waals surface area contributed by atoms with E-state index in [0.29, 0.717) is 16.7 Å². The van der Waals surface area contributed by atoms with Gasteiger partial charge in [0.2, 0.25) is 0 Å². The first kappa shape index (κ1) is 16.4. The van der Waals surface area contributed by atoms with Crippen LogP contribution in [0.15, 0.2) is 18.2 Å². The highest BCUT2D eigenvalue weighted by Crippen LogP contribution is 2.47. The third-order valence-corrected chi connectivity index (χ3v) is 6.18. The van der Waals surface area contributed by atoms with Crippen LogP contribution in [-0.4, -0.2) is 30.0 Å². The van der Waals surface area contributed by atoms with Crippen molar-refractivity contribution in [3.05, 3.63) is 33.9 Å². The highest BCUT2D eigenvalue weighted by molar-refractivity contribution is 5.96.